The molecule has 0 unspecified atom stereocenters. The summed E-state index contributed by atoms with van der Waals surface area (Å²) in [5.74, 6) is 0.953. The minimum absolute atomic E-state index is 0.0663. The Balaban J connectivity index is 1.71. The van der Waals surface area contributed by atoms with E-state index in [-0.39, 0.29) is 12.5 Å². The maximum absolute atomic E-state index is 13.3. The van der Waals surface area contributed by atoms with E-state index in [1.807, 2.05) is 24.3 Å². The Bertz CT molecular complexity index is 871. The molecule has 0 spiro atoms. The van der Waals surface area contributed by atoms with Crippen LogP contribution in [0.5, 0.6) is 5.75 Å². The molecule has 0 aliphatic heterocycles. The first-order valence-electron chi connectivity index (χ1n) is 9.28. The molecule has 2 aliphatic rings. The zero-order chi connectivity index (χ0) is 19.0. The van der Waals surface area contributed by atoms with Crippen molar-refractivity contribution in [2.24, 2.45) is 11.7 Å². The van der Waals surface area contributed by atoms with Crippen LogP contribution in [-0.4, -0.2) is 41.9 Å². The third-order valence-corrected chi connectivity index (χ3v) is 6.18. The fourth-order valence-electron chi connectivity index (χ4n) is 3.12. The number of primary amides is 1. The van der Waals surface area contributed by atoms with Gasteiger partial charge < -0.3 is 15.4 Å². The smallest absolute Gasteiger partial charge is 0.274 e. The maximum atomic E-state index is 13.3. The molecule has 0 atom stereocenters. The van der Waals surface area contributed by atoms with Crippen LogP contribution >= 0.6 is 11.3 Å². The fourth-order valence-corrected chi connectivity index (χ4v) is 4.34. The molecule has 7 heteroatoms. The van der Waals surface area contributed by atoms with Gasteiger partial charge in [-0.05, 0) is 49.3 Å². The summed E-state index contributed by atoms with van der Waals surface area (Å²) in [6.07, 6.45) is 4.42. The average Bonchev–Trinajstić information content (AvgIpc) is 3.59. The molecule has 142 valence electrons. The number of aromatic nitrogens is 1. The first-order chi connectivity index (χ1) is 13.0. The van der Waals surface area contributed by atoms with Crippen molar-refractivity contribution in [3.8, 4) is 16.2 Å². The summed E-state index contributed by atoms with van der Waals surface area (Å²) in [6.45, 7) is 0.499. The van der Waals surface area contributed by atoms with Crippen LogP contribution in [0.2, 0.25) is 0 Å². The number of ether oxygens (including phenoxy) is 1. The maximum Gasteiger partial charge on any atom is 0.274 e. The number of nitrogens with zero attached hydrogens (tertiary/aromatic N) is 2. The molecule has 2 aliphatic carbocycles. The highest BCUT2D eigenvalue weighted by Gasteiger charge is 2.34. The lowest BCUT2D eigenvalue weighted by atomic mass is 10.1. The topological polar surface area (TPSA) is 85.5 Å². The molecule has 4 rings (SSSR count). The summed E-state index contributed by atoms with van der Waals surface area (Å²) in [5, 5.41) is 1.00. The van der Waals surface area contributed by atoms with Gasteiger partial charge in [0.05, 0.1) is 23.5 Å². The molecule has 27 heavy (non-hydrogen) atoms. The standard InChI is InChI=1S/C20H23N3O3S/c1-26-15-4-2-3-14(9-15)18-17(22-19(27-18)13-7-8-13)20(25)23(11-16(21)24)10-12-5-6-12/h2-4,9,12-13H,5-8,10-11H2,1H3,(H2,21,24). The van der Waals surface area contributed by atoms with Crippen molar-refractivity contribution in [2.45, 2.75) is 31.6 Å². The highest BCUT2D eigenvalue weighted by molar-refractivity contribution is 7.15. The summed E-state index contributed by atoms with van der Waals surface area (Å²) in [5.41, 5.74) is 6.73. The number of nitrogens with two attached hydrogens (primary N) is 1. The van der Waals surface area contributed by atoms with Crippen LogP contribution in [0.3, 0.4) is 0 Å². The predicted molar refractivity (Wildman–Crippen MR) is 104 cm³/mol. The highest BCUT2D eigenvalue weighted by Crippen LogP contribution is 2.45. The van der Waals surface area contributed by atoms with Crippen LogP contribution < -0.4 is 10.5 Å². The van der Waals surface area contributed by atoms with Gasteiger partial charge >= 0.3 is 0 Å². The molecule has 6 nitrogen and oxygen atoms in total. The molecule has 0 saturated heterocycles. The normalized spacial score (nSPS) is 16.2. The Hall–Kier alpha value is -2.41. The third kappa shape index (κ3) is 4.13. The van der Waals surface area contributed by atoms with E-state index >= 15 is 0 Å². The minimum Gasteiger partial charge on any atom is -0.497 e. The zero-order valence-electron chi connectivity index (χ0n) is 15.3. The van der Waals surface area contributed by atoms with Crippen LogP contribution in [0, 0.1) is 5.92 Å². The van der Waals surface area contributed by atoms with Crippen molar-refractivity contribution >= 4 is 23.2 Å². The summed E-state index contributed by atoms with van der Waals surface area (Å²) in [7, 11) is 1.62. The predicted octanol–water partition coefficient (Wildman–Crippen LogP) is 3.03. The number of rotatable bonds is 8. The van der Waals surface area contributed by atoms with E-state index in [2.05, 4.69) is 0 Å². The molecule has 2 aromatic rings. The molecule has 0 bridgehead atoms. The van der Waals surface area contributed by atoms with Crippen molar-refractivity contribution in [1.29, 1.82) is 0 Å². The van der Waals surface area contributed by atoms with Crippen LogP contribution in [0.1, 0.15) is 47.1 Å². The highest BCUT2D eigenvalue weighted by atomic mass is 32.1. The number of hydrogen-bond donors (Lipinski definition) is 1. The average molecular weight is 385 g/mol. The number of carbonyl (C=O) groups is 2. The summed E-state index contributed by atoms with van der Waals surface area (Å²) >= 11 is 1.57. The first kappa shape index (κ1) is 18.0. The molecule has 1 heterocycles. The van der Waals surface area contributed by atoms with E-state index in [0.29, 0.717) is 24.1 Å². The first-order valence-corrected chi connectivity index (χ1v) is 10.1. The second kappa shape index (κ2) is 7.31. The Morgan fingerprint density at radius 3 is 2.70 bits per heavy atom. The number of methoxy groups -OCH3 is 1. The zero-order valence-corrected chi connectivity index (χ0v) is 16.1. The van der Waals surface area contributed by atoms with Crippen LogP contribution in [0.15, 0.2) is 24.3 Å². The number of thiazole rings is 1. The molecule has 2 saturated carbocycles. The van der Waals surface area contributed by atoms with E-state index < -0.39 is 5.91 Å². The lowest BCUT2D eigenvalue weighted by Gasteiger charge is -2.20. The van der Waals surface area contributed by atoms with E-state index in [1.165, 1.54) is 0 Å². The summed E-state index contributed by atoms with van der Waals surface area (Å²) < 4.78 is 5.33. The fraction of sp³-hybridized carbons (Fsp3) is 0.450. The van der Waals surface area contributed by atoms with Gasteiger partial charge in [-0.2, -0.15) is 0 Å². The Labute approximate surface area is 162 Å². The monoisotopic (exact) mass is 385 g/mol. The van der Waals surface area contributed by atoms with Gasteiger partial charge in [0.25, 0.3) is 5.91 Å². The molecule has 2 N–H and O–H groups in total. The molecular formula is C20H23N3O3S. The SMILES string of the molecule is COc1cccc(-c2sc(C3CC3)nc2C(=O)N(CC(N)=O)CC2CC2)c1. The van der Waals surface area contributed by atoms with E-state index in [0.717, 1.165) is 46.9 Å². The van der Waals surface area contributed by atoms with Gasteiger partial charge in [0.1, 0.15) is 11.4 Å². The van der Waals surface area contributed by atoms with E-state index in [9.17, 15) is 9.59 Å². The van der Waals surface area contributed by atoms with Crippen molar-refractivity contribution in [3.63, 3.8) is 0 Å². The summed E-state index contributed by atoms with van der Waals surface area (Å²) in [6, 6.07) is 7.66. The van der Waals surface area contributed by atoms with E-state index in [4.69, 9.17) is 15.5 Å². The van der Waals surface area contributed by atoms with Crippen molar-refractivity contribution < 1.29 is 14.3 Å². The van der Waals surface area contributed by atoms with Crippen LogP contribution in [0.25, 0.3) is 10.4 Å². The quantitative estimate of drug-likeness (QED) is 0.757. The number of amides is 2. The minimum atomic E-state index is -0.496. The van der Waals surface area contributed by atoms with Gasteiger partial charge in [-0.3, -0.25) is 9.59 Å². The number of carbonyl (C=O) groups excluding carboxylic acids is 2. The van der Waals surface area contributed by atoms with Crippen molar-refractivity contribution in [1.82, 2.24) is 9.88 Å². The molecule has 2 amide bonds. The van der Waals surface area contributed by atoms with Crippen LogP contribution in [-0.2, 0) is 4.79 Å². The second-order valence-corrected chi connectivity index (χ2v) is 8.36. The lowest BCUT2D eigenvalue weighted by Crippen LogP contribution is -2.40. The van der Waals surface area contributed by atoms with Crippen LogP contribution in [0.4, 0.5) is 0 Å². The Morgan fingerprint density at radius 2 is 2.07 bits per heavy atom. The second-order valence-electron chi connectivity index (χ2n) is 7.33. The largest absolute Gasteiger partial charge is 0.497 e. The van der Waals surface area contributed by atoms with Gasteiger partial charge in [0.2, 0.25) is 5.91 Å². The molecule has 2 fully saturated rings. The van der Waals surface area contributed by atoms with Gasteiger partial charge in [0, 0.05) is 12.5 Å². The van der Waals surface area contributed by atoms with Crippen molar-refractivity contribution in [3.05, 3.63) is 35.0 Å². The van der Waals surface area contributed by atoms with Gasteiger partial charge in [0.15, 0.2) is 0 Å². The Kier molecular flexibility index (Phi) is 4.86. The van der Waals surface area contributed by atoms with Crippen molar-refractivity contribution in [2.75, 3.05) is 20.2 Å². The molecular weight excluding hydrogens is 362 g/mol. The number of hydrogen-bond acceptors (Lipinski definition) is 5. The van der Waals surface area contributed by atoms with E-state index in [1.54, 1.807) is 23.3 Å². The van der Waals surface area contributed by atoms with Gasteiger partial charge in [-0.15, -0.1) is 11.3 Å². The number of benzene rings is 1. The van der Waals surface area contributed by atoms with Gasteiger partial charge in [-0.1, -0.05) is 12.1 Å². The molecule has 1 aromatic carbocycles. The lowest BCUT2D eigenvalue weighted by molar-refractivity contribution is -0.118. The van der Waals surface area contributed by atoms with Gasteiger partial charge in [-0.25, -0.2) is 4.98 Å². The molecule has 1 aromatic heterocycles. The molecule has 0 radical (unpaired) electrons. The third-order valence-electron chi connectivity index (χ3n) is 4.91. The summed E-state index contributed by atoms with van der Waals surface area (Å²) in [4.78, 5) is 31.9. The Morgan fingerprint density at radius 1 is 1.30 bits per heavy atom.